The van der Waals surface area contributed by atoms with Gasteiger partial charge in [0, 0.05) is 10.6 Å². The fraction of sp³-hybridized carbons (Fsp3) is 0.167. The van der Waals surface area contributed by atoms with Gasteiger partial charge < -0.3 is 5.73 Å². The minimum atomic E-state index is 0.436. The molecule has 0 amide bonds. The van der Waals surface area contributed by atoms with Gasteiger partial charge in [-0.15, -0.1) is 0 Å². The van der Waals surface area contributed by atoms with E-state index < -0.39 is 0 Å². The Morgan fingerprint density at radius 3 is 2.50 bits per heavy atom. The molecule has 3 nitrogen and oxygen atoms in total. The number of aromatic nitrogens is 2. The Morgan fingerprint density at radius 2 is 1.81 bits per heavy atom. The lowest BCUT2D eigenvalue weighted by Gasteiger charge is -2.07. The van der Waals surface area contributed by atoms with Crippen LogP contribution < -0.4 is 5.73 Å². The highest BCUT2D eigenvalue weighted by Crippen LogP contribution is 2.25. The normalized spacial score (nSPS) is 10.4. The van der Waals surface area contributed by atoms with Crippen molar-refractivity contribution in [3.05, 3.63) is 40.7 Å². The lowest BCUT2D eigenvalue weighted by atomic mass is 10.1. The first-order valence-corrected chi connectivity index (χ1v) is 5.32. The average Bonchev–Trinajstić information content (AvgIpc) is 2.23. The van der Waals surface area contributed by atoms with Crippen LogP contribution in [0, 0.1) is 13.8 Å². The molecule has 0 bridgehead atoms. The number of benzene rings is 1. The molecule has 1 aromatic heterocycles. The van der Waals surface area contributed by atoms with Crippen LogP contribution >= 0.6 is 11.6 Å². The first kappa shape index (κ1) is 10.9. The molecule has 0 atom stereocenters. The standard InChI is InChI=1S/C12H12ClN3/c1-7-8(2)16-12(14)11(15-7)9-4-3-5-10(13)6-9/h3-6H,1-2H3,(H2,14,16). The Labute approximate surface area is 99.3 Å². The third-order valence-electron chi connectivity index (χ3n) is 2.43. The predicted octanol–water partition coefficient (Wildman–Crippen LogP) is 3.00. The molecule has 0 saturated carbocycles. The molecule has 2 aromatic rings. The van der Waals surface area contributed by atoms with Gasteiger partial charge in [-0.2, -0.15) is 0 Å². The lowest BCUT2D eigenvalue weighted by Crippen LogP contribution is -2.02. The number of nitrogens with two attached hydrogens (primary N) is 1. The molecule has 2 N–H and O–H groups in total. The van der Waals surface area contributed by atoms with E-state index in [4.69, 9.17) is 17.3 Å². The molecule has 1 heterocycles. The maximum Gasteiger partial charge on any atom is 0.150 e. The number of anilines is 1. The highest BCUT2D eigenvalue weighted by Gasteiger charge is 2.08. The summed E-state index contributed by atoms with van der Waals surface area (Å²) in [6.45, 7) is 3.80. The molecule has 2 rings (SSSR count). The predicted molar refractivity (Wildman–Crippen MR) is 66.4 cm³/mol. The van der Waals surface area contributed by atoms with Gasteiger partial charge >= 0.3 is 0 Å². The van der Waals surface area contributed by atoms with Crippen molar-refractivity contribution in [3.8, 4) is 11.3 Å². The first-order valence-electron chi connectivity index (χ1n) is 4.94. The van der Waals surface area contributed by atoms with Crippen LogP contribution in [0.1, 0.15) is 11.4 Å². The Bertz CT molecular complexity index is 538. The van der Waals surface area contributed by atoms with Crippen molar-refractivity contribution < 1.29 is 0 Å². The van der Waals surface area contributed by atoms with Gasteiger partial charge in [0.2, 0.25) is 0 Å². The smallest absolute Gasteiger partial charge is 0.150 e. The van der Waals surface area contributed by atoms with E-state index in [1.54, 1.807) is 0 Å². The van der Waals surface area contributed by atoms with Gasteiger partial charge in [0.1, 0.15) is 11.5 Å². The Hall–Kier alpha value is -1.61. The van der Waals surface area contributed by atoms with E-state index in [-0.39, 0.29) is 0 Å². The van der Waals surface area contributed by atoms with Crippen LogP contribution in [0.5, 0.6) is 0 Å². The van der Waals surface area contributed by atoms with E-state index in [9.17, 15) is 0 Å². The molecule has 0 aliphatic carbocycles. The average molecular weight is 234 g/mol. The number of nitrogens with zero attached hydrogens (tertiary/aromatic N) is 2. The van der Waals surface area contributed by atoms with Crippen molar-refractivity contribution in [2.24, 2.45) is 0 Å². The quantitative estimate of drug-likeness (QED) is 0.824. The second-order valence-corrected chi connectivity index (χ2v) is 4.08. The van der Waals surface area contributed by atoms with E-state index in [1.807, 2.05) is 38.1 Å². The summed E-state index contributed by atoms with van der Waals surface area (Å²) in [6.07, 6.45) is 0. The first-order chi connectivity index (χ1) is 7.58. The van der Waals surface area contributed by atoms with E-state index in [1.165, 1.54) is 0 Å². The van der Waals surface area contributed by atoms with Crippen LogP contribution in [0.4, 0.5) is 5.82 Å². The fourth-order valence-electron chi connectivity index (χ4n) is 1.47. The van der Waals surface area contributed by atoms with E-state index >= 15 is 0 Å². The summed E-state index contributed by atoms with van der Waals surface area (Å²) in [4.78, 5) is 8.69. The van der Waals surface area contributed by atoms with Crippen molar-refractivity contribution >= 4 is 17.4 Å². The summed E-state index contributed by atoms with van der Waals surface area (Å²) in [5.41, 5.74) is 9.16. The second kappa shape index (κ2) is 4.10. The van der Waals surface area contributed by atoms with E-state index in [0.717, 1.165) is 17.0 Å². The number of nitrogen functional groups attached to an aromatic ring is 1. The van der Waals surface area contributed by atoms with Crippen LogP contribution in [0.2, 0.25) is 5.02 Å². The van der Waals surface area contributed by atoms with E-state index in [2.05, 4.69) is 9.97 Å². The van der Waals surface area contributed by atoms with Gasteiger partial charge in [-0.25, -0.2) is 9.97 Å². The summed E-state index contributed by atoms with van der Waals surface area (Å²) in [6, 6.07) is 7.43. The summed E-state index contributed by atoms with van der Waals surface area (Å²) in [5.74, 6) is 0.436. The van der Waals surface area contributed by atoms with Crippen LogP contribution in [0.25, 0.3) is 11.3 Å². The van der Waals surface area contributed by atoms with Crippen LogP contribution in [0.15, 0.2) is 24.3 Å². The number of aryl methyl sites for hydroxylation is 2. The molecular weight excluding hydrogens is 222 g/mol. The Kier molecular flexibility index (Phi) is 2.79. The molecule has 0 aliphatic heterocycles. The zero-order chi connectivity index (χ0) is 11.7. The van der Waals surface area contributed by atoms with Crippen LogP contribution in [-0.4, -0.2) is 9.97 Å². The van der Waals surface area contributed by atoms with Crippen molar-refractivity contribution in [1.29, 1.82) is 0 Å². The van der Waals surface area contributed by atoms with E-state index in [0.29, 0.717) is 16.5 Å². The summed E-state index contributed by atoms with van der Waals surface area (Å²) in [7, 11) is 0. The SMILES string of the molecule is Cc1nc(N)c(-c2cccc(Cl)c2)nc1C. The molecule has 0 radical (unpaired) electrons. The monoisotopic (exact) mass is 233 g/mol. The number of halogens is 1. The summed E-state index contributed by atoms with van der Waals surface area (Å²) >= 11 is 5.93. The summed E-state index contributed by atoms with van der Waals surface area (Å²) in [5, 5.41) is 0.664. The maximum atomic E-state index is 5.93. The van der Waals surface area contributed by atoms with Gasteiger partial charge in [-0.05, 0) is 26.0 Å². The fourth-order valence-corrected chi connectivity index (χ4v) is 1.66. The van der Waals surface area contributed by atoms with Gasteiger partial charge in [0.15, 0.2) is 0 Å². The van der Waals surface area contributed by atoms with Gasteiger partial charge in [0.25, 0.3) is 0 Å². The van der Waals surface area contributed by atoms with Crippen molar-refractivity contribution in [2.75, 3.05) is 5.73 Å². The molecule has 4 heteroatoms. The molecule has 82 valence electrons. The maximum absolute atomic E-state index is 5.93. The third kappa shape index (κ3) is 1.99. The highest BCUT2D eigenvalue weighted by atomic mass is 35.5. The highest BCUT2D eigenvalue weighted by molar-refractivity contribution is 6.30. The molecular formula is C12H12ClN3. The van der Waals surface area contributed by atoms with Crippen LogP contribution in [0.3, 0.4) is 0 Å². The minimum absolute atomic E-state index is 0.436. The molecule has 1 aromatic carbocycles. The van der Waals surface area contributed by atoms with Crippen molar-refractivity contribution in [2.45, 2.75) is 13.8 Å². The van der Waals surface area contributed by atoms with Gasteiger partial charge in [-0.1, -0.05) is 23.7 Å². The summed E-state index contributed by atoms with van der Waals surface area (Å²) < 4.78 is 0. The third-order valence-corrected chi connectivity index (χ3v) is 2.67. The number of rotatable bonds is 1. The Balaban J connectivity index is 2.60. The molecule has 0 saturated heterocycles. The molecule has 0 aliphatic rings. The number of hydrogen-bond acceptors (Lipinski definition) is 3. The van der Waals surface area contributed by atoms with Crippen molar-refractivity contribution in [3.63, 3.8) is 0 Å². The molecule has 16 heavy (non-hydrogen) atoms. The zero-order valence-corrected chi connectivity index (χ0v) is 9.92. The Morgan fingerprint density at radius 1 is 1.12 bits per heavy atom. The van der Waals surface area contributed by atoms with Crippen LogP contribution in [-0.2, 0) is 0 Å². The van der Waals surface area contributed by atoms with Gasteiger partial charge in [0.05, 0.1) is 11.4 Å². The molecule has 0 spiro atoms. The zero-order valence-electron chi connectivity index (χ0n) is 9.16. The second-order valence-electron chi connectivity index (χ2n) is 3.64. The number of hydrogen-bond donors (Lipinski definition) is 1. The minimum Gasteiger partial charge on any atom is -0.382 e. The van der Waals surface area contributed by atoms with Crippen molar-refractivity contribution in [1.82, 2.24) is 9.97 Å². The molecule has 0 fully saturated rings. The van der Waals surface area contributed by atoms with Gasteiger partial charge in [-0.3, -0.25) is 0 Å². The molecule has 0 unspecified atom stereocenters. The lowest BCUT2D eigenvalue weighted by molar-refractivity contribution is 1.06. The largest absolute Gasteiger partial charge is 0.382 e. The topological polar surface area (TPSA) is 51.8 Å².